The van der Waals surface area contributed by atoms with E-state index in [9.17, 15) is 14.7 Å². The van der Waals surface area contributed by atoms with E-state index >= 15 is 0 Å². The van der Waals surface area contributed by atoms with Crippen LogP contribution in [-0.2, 0) is 0 Å². The largest absolute Gasteiger partial charge is 0.544 e. The Bertz CT molecular complexity index is 1140. The van der Waals surface area contributed by atoms with E-state index in [0.29, 0.717) is 4.88 Å². The summed E-state index contributed by atoms with van der Waals surface area (Å²) in [5, 5.41) is 12.8. The number of carbonyl (C=O) groups excluding carboxylic acids is 2. The van der Waals surface area contributed by atoms with Crippen LogP contribution in [0, 0.1) is 0 Å². The predicted molar refractivity (Wildman–Crippen MR) is 101 cm³/mol. The molecule has 0 bridgehead atoms. The van der Waals surface area contributed by atoms with E-state index in [0.717, 1.165) is 33.2 Å². The molecule has 3 aromatic heterocycles. The quantitative estimate of drug-likeness (QED) is 0.393. The molecule has 5 nitrogen and oxygen atoms in total. The lowest BCUT2D eigenvalue weighted by atomic mass is 10.1. The Labute approximate surface area is 156 Å². The summed E-state index contributed by atoms with van der Waals surface area (Å²) in [4.78, 5) is 29.1. The molecule has 4 rings (SSSR count). The summed E-state index contributed by atoms with van der Waals surface area (Å²) in [7, 11) is 0. The first-order chi connectivity index (χ1) is 12.6. The highest BCUT2D eigenvalue weighted by molar-refractivity contribution is 7.16. The summed E-state index contributed by atoms with van der Waals surface area (Å²) in [5.74, 6) is -1.54. The number of benzene rings is 1. The molecule has 7 heteroatoms. The van der Waals surface area contributed by atoms with Gasteiger partial charge < -0.3 is 9.90 Å². The number of ketones is 1. The second-order valence-electron chi connectivity index (χ2n) is 5.42. The maximum absolute atomic E-state index is 12.4. The Hall–Kier alpha value is -3.03. The number of thiazole rings is 1. The summed E-state index contributed by atoms with van der Waals surface area (Å²) >= 11 is 2.43. The maximum atomic E-state index is 12.4. The number of carboxylic acids is 1. The molecule has 0 amide bonds. The molecule has 0 saturated heterocycles. The second kappa shape index (κ2) is 6.70. The number of aromatic nitrogens is 2. The molecule has 3 heterocycles. The minimum atomic E-state index is -1.28. The molecule has 26 heavy (non-hydrogen) atoms. The van der Waals surface area contributed by atoms with Gasteiger partial charge in [-0.05, 0) is 24.3 Å². The number of hydrogen-bond acceptors (Lipinski definition) is 6. The van der Waals surface area contributed by atoms with E-state index in [2.05, 4.69) is 4.98 Å². The van der Waals surface area contributed by atoms with Gasteiger partial charge in [0.2, 0.25) is 0 Å². The molecular formula is C19H11N2O3S2-. The summed E-state index contributed by atoms with van der Waals surface area (Å²) in [5.41, 5.74) is 2.56. The molecule has 1 aromatic carbocycles. The third kappa shape index (κ3) is 2.98. The van der Waals surface area contributed by atoms with Crippen molar-refractivity contribution in [3.63, 3.8) is 0 Å². The number of rotatable bonds is 5. The number of carbonyl (C=O) groups is 2. The standard InChI is InChI=1S/C19H12N2O3S2/c22-14(15-8-9-16(26-15)18(23)24)7-6-13-17(12-4-2-1-3-5-12)20-19-21(13)10-11-25-19/h1-11H,(H,23,24)/p-1/b7-6+. The van der Waals surface area contributed by atoms with Crippen LogP contribution < -0.4 is 5.11 Å². The van der Waals surface area contributed by atoms with Gasteiger partial charge in [0.15, 0.2) is 10.7 Å². The molecular weight excluding hydrogens is 368 g/mol. The summed E-state index contributed by atoms with van der Waals surface area (Å²) in [6.45, 7) is 0. The minimum absolute atomic E-state index is 0.0382. The van der Waals surface area contributed by atoms with Crippen molar-refractivity contribution >= 4 is 45.5 Å². The van der Waals surface area contributed by atoms with Crippen LogP contribution >= 0.6 is 22.7 Å². The van der Waals surface area contributed by atoms with Crippen LogP contribution in [0.1, 0.15) is 25.0 Å². The zero-order valence-corrected chi connectivity index (χ0v) is 14.9. The monoisotopic (exact) mass is 379 g/mol. The fourth-order valence-corrected chi connectivity index (χ4v) is 4.07. The molecule has 0 fully saturated rings. The average molecular weight is 379 g/mol. The van der Waals surface area contributed by atoms with Crippen molar-refractivity contribution in [1.82, 2.24) is 9.38 Å². The number of aromatic carboxylic acids is 1. The first-order valence-electron chi connectivity index (χ1n) is 7.68. The van der Waals surface area contributed by atoms with Gasteiger partial charge in [0.05, 0.1) is 27.1 Å². The first-order valence-corrected chi connectivity index (χ1v) is 9.37. The number of nitrogens with zero attached hydrogens (tertiary/aromatic N) is 2. The average Bonchev–Trinajstić information content (AvgIpc) is 3.36. The van der Waals surface area contributed by atoms with Crippen molar-refractivity contribution in [1.29, 1.82) is 0 Å². The van der Waals surface area contributed by atoms with Gasteiger partial charge in [-0.1, -0.05) is 30.3 Å². The lowest BCUT2D eigenvalue weighted by Crippen LogP contribution is -2.20. The molecule has 4 aromatic rings. The zero-order valence-electron chi connectivity index (χ0n) is 13.3. The van der Waals surface area contributed by atoms with E-state index in [1.807, 2.05) is 46.3 Å². The molecule has 0 aliphatic carbocycles. The Morgan fingerprint density at radius 2 is 1.85 bits per heavy atom. The molecule has 0 atom stereocenters. The maximum Gasteiger partial charge on any atom is 0.195 e. The smallest absolute Gasteiger partial charge is 0.195 e. The van der Waals surface area contributed by atoms with E-state index in [1.54, 1.807) is 6.08 Å². The van der Waals surface area contributed by atoms with Gasteiger partial charge in [-0.3, -0.25) is 9.20 Å². The van der Waals surface area contributed by atoms with Crippen molar-refractivity contribution in [2.24, 2.45) is 0 Å². The van der Waals surface area contributed by atoms with Gasteiger partial charge in [0.25, 0.3) is 0 Å². The lowest BCUT2D eigenvalue weighted by Gasteiger charge is -1.99. The third-order valence-corrected chi connectivity index (χ3v) is 5.63. The minimum Gasteiger partial charge on any atom is -0.544 e. The molecule has 0 radical (unpaired) electrons. The normalized spacial score (nSPS) is 11.4. The van der Waals surface area contributed by atoms with Gasteiger partial charge in [0, 0.05) is 17.1 Å². The zero-order chi connectivity index (χ0) is 18.1. The third-order valence-electron chi connectivity index (χ3n) is 3.79. The Morgan fingerprint density at radius 1 is 1.08 bits per heavy atom. The summed E-state index contributed by atoms with van der Waals surface area (Å²) < 4.78 is 1.93. The topological polar surface area (TPSA) is 74.5 Å². The van der Waals surface area contributed by atoms with Crippen LogP contribution in [0.25, 0.3) is 22.3 Å². The first kappa shape index (κ1) is 16.4. The highest BCUT2D eigenvalue weighted by atomic mass is 32.1. The number of fused-ring (bicyclic) bond motifs is 1. The summed E-state index contributed by atoms with van der Waals surface area (Å²) in [6, 6.07) is 12.6. The lowest BCUT2D eigenvalue weighted by molar-refractivity contribution is -0.254. The molecule has 128 valence electrons. The fourth-order valence-electron chi connectivity index (χ4n) is 2.59. The highest BCUT2D eigenvalue weighted by Crippen LogP contribution is 2.28. The van der Waals surface area contributed by atoms with Gasteiger partial charge in [0.1, 0.15) is 0 Å². The van der Waals surface area contributed by atoms with E-state index < -0.39 is 5.97 Å². The van der Waals surface area contributed by atoms with Crippen molar-refractivity contribution in [3.05, 3.63) is 75.6 Å². The summed E-state index contributed by atoms with van der Waals surface area (Å²) in [6.07, 6.45) is 5.07. The molecule has 0 unspecified atom stereocenters. The van der Waals surface area contributed by atoms with Crippen molar-refractivity contribution in [3.8, 4) is 11.3 Å². The number of imidazole rings is 1. The fraction of sp³-hybridized carbons (Fsp3) is 0. The van der Waals surface area contributed by atoms with Crippen molar-refractivity contribution in [2.45, 2.75) is 0 Å². The number of allylic oxidation sites excluding steroid dienone is 1. The van der Waals surface area contributed by atoms with Crippen LogP contribution in [-0.4, -0.2) is 21.1 Å². The van der Waals surface area contributed by atoms with E-state index in [-0.39, 0.29) is 10.7 Å². The van der Waals surface area contributed by atoms with E-state index in [1.165, 1.54) is 29.5 Å². The van der Waals surface area contributed by atoms with Crippen LogP contribution in [0.3, 0.4) is 0 Å². The Morgan fingerprint density at radius 3 is 2.58 bits per heavy atom. The Kier molecular flexibility index (Phi) is 4.24. The van der Waals surface area contributed by atoms with Crippen LogP contribution in [0.15, 0.2) is 60.1 Å². The SMILES string of the molecule is O=C([O-])c1ccc(C(=O)/C=C/c2c(-c3ccccc3)nc3sccn23)s1. The van der Waals surface area contributed by atoms with Crippen LogP contribution in [0.5, 0.6) is 0 Å². The second-order valence-corrected chi connectivity index (χ2v) is 7.37. The number of thiophene rings is 1. The van der Waals surface area contributed by atoms with Crippen LogP contribution in [0.2, 0.25) is 0 Å². The predicted octanol–water partition coefficient (Wildman–Crippen LogP) is 3.38. The number of carboxylic acid groups (broad SMARTS) is 1. The van der Waals surface area contributed by atoms with Gasteiger partial charge in [-0.25, -0.2) is 4.98 Å². The van der Waals surface area contributed by atoms with Gasteiger partial charge >= 0.3 is 0 Å². The van der Waals surface area contributed by atoms with Crippen molar-refractivity contribution in [2.75, 3.05) is 0 Å². The van der Waals surface area contributed by atoms with Crippen molar-refractivity contribution < 1.29 is 14.7 Å². The van der Waals surface area contributed by atoms with Gasteiger partial charge in [-0.2, -0.15) is 0 Å². The molecule has 0 aliphatic heterocycles. The Balaban J connectivity index is 1.72. The highest BCUT2D eigenvalue weighted by Gasteiger charge is 2.13. The van der Waals surface area contributed by atoms with Gasteiger partial charge in [-0.15, -0.1) is 22.7 Å². The van der Waals surface area contributed by atoms with E-state index in [4.69, 9.17) is 0 Å². The molecule has 0 N–H and O–H groups in total. The molecule has 0 aliphatic rings. The van der Waals surface area contributed by atoms with Crippen LogP contribution in [0.4, 0.5) is 0 Å². The molecule has 0 spiro atoms. The number of hydrogen-bond donors (Lipinski definition) is 0. The molecule has 0 saturated carbocycles.